The Morgan fingerprint density at radius 1 is 1.21 bits per heavy atom. The zero-order valence-electron chi connectivity index (χ0n) is 12.6. The summed E-state index contributed by atoms with van der Waals surface area (Å²) in [6.07, 6.45) is 0. The summed E-state index contributed by atoms with van der Waals surface area (Å²) < 4.78 is 5.21. The van der Waals surface area contributed by atoms with E-state index in [9.17, 15) is 0 Å². The quantitative estimate of drug-likeness (QED) is 0.647. The lowest BCUT2D eigenvalue weighted by Crippen LogP contribution is -2.47. The van der Waals surface area contributed by atoms with E-state index < -0.39 is 0 Å². The first kappa shape index (κ1) is 15.5. The molecule has 0 radical (unpaired) electrons. The Morgan fingerprint density at radius 2 is 1.84 bits per heavy atom. The first-order valence-electron chi connectivity index (χ1n) is 6.51. The number of aliphatic imine (C=N–C) groups is 1. The highest BCUT2D eigenvalue weighted by Gasteiger charge is 2.11. The van der Waals surface area contributed by atoms with Gasteiger partial charge in [-0.1, -0.05) is 24.3 Å². The highest BCUT2D eigenvalue weighted by Crippen LogP contribution is 2.09. The Labute approximate surface area is 116 Å². The van der Waals surface area contributed by atoms with Gasteiger partial charge in [-0.15, -0.1) is 0 Å². The molecule has 4 nitrogen and oxygen atoms in total. The summed E-state index contributed by atoms with van der Waals surface area (Å²) in [5, 5.41) is 6.66. The second-order valence-electron chi connectivity index (χ2n) is 5.50. The number of nitrogens with one attached hydrogen (secondary N) is 2. The van der Waals surface area contributed by atoms with Crippen molar-refractivity contribution in [3.63, 3.8) is 0 Å². The van der Waals surface area contributed by atoms with Crippen LogP contribution in [0.3, 0.4) is 0 Å². The van der Waals surface area contributed by atoms with E-state index in [1.165, 1.54) is 11.1 Å². The summed E-state index contributed by atoms with van der Waals surface area (Å²) in [6.45, 7) is 7.69. The highest BCUT2D eigenvalue weighted by molar-refractivity contribution is 5.80. The summed E-state index contributed by atoms with van der Waals surface area (Å²) in [5.41, 5.74) is 2.42. The summed E-state index contributed by atoms with van der Waals surface area (Å²) >= 11 is 0. The topological polar surface area (TPSA) is 45.7 Å². The summed E-state index contributed by atoms with van der Waals surface area (Å²) in [5.74, 6) is 0.805. The van der Waals surface area contributed by atoms with Crippen LogP contribution in [-0.2, 0) is 17.9 Å². The van der Waals surface area contributed by atoms with Gasteiger partial charge in [0.05, 0.1) is 6.61 Å². The van der Waals surface area contributed by atoms with Gasteiger partial charge in [0.1, 0.15) is 0 Å². The first-order valence-corrected chi connectivity index (χ1v) is 6.51. The van der Waals surface area contributed by atoms with Gasteiger partial charge in [0.25, 0.3) is 0 Å². The molecule has 2 N–H and O–H groups in total. The number of methoxy groups -OCH3 is 1. The van der Waals surface area contributed by atoms with Crippen LogP contribution in [0.2, 0.25) is 0 Å². The van der Waals surface area contributed by atoms with Crippen molar-refractivity contribution >= 4 is 5.96 Å². The van der Waals surface area contributed by atoms with Crippen LogP contribution < -0.4 is 10.6 Å². The van der Waals surface area contributed by atoms with E-state index in [-0.39, 0.29) is 5.54 Å². The molecule has 0 saturated carbocycles. The molecule has 1 aromatic carbocycles. The van der Waals surface area contributed by atoms with E-state index in [0.717, 1.165) is 12.5 Å². The number of ether oxygens (including phenoxy) is 1. The fourth-order valence-corrected chi connectivity index (χ4v) is 1.74. The van der Waals surface area contributed by atoms with E-state index in [2.05, 4.69) is 48.5 Å². The molecule has 1 aromatic rings. The van der Waals surface area contributed by atoms with Crippen molar-refractivity contribution in [1.29, 1.82) is 0 Å². The number of nitrogens with zero attached hydrogens (tertiary/aromatic N) is 1. The summed E-state index contributed by atoms with van der Waals surface area (Å²) in [4.78, 5) is 4.23. The molecule has 0 fully saturated rings. The van der Waals surface area contributed by atoms with Gasteiger partial charge in [0.15, 0.2) is 5.96 Å². The maximum atomic E-state index is 5.21. The Bertz CT molecular complexity index is 422. The van der Waals surface area contributed by atoms with Crippen LogP contribution in [0.1, 0.15) is 31.9 Å². The van der Waals surface area contributed by atoms with Gasteiger partial charge >= 0.3 is 0 Å². The van der Waals surface area contributed by atoms with Crippen LogP contribution in [0.25, 0.3) is 0 Å². The molecule has 0 spiro atoms. The van der Waals surface area contributed by atoms with Crippen LogP contribution in [0.15, 0.2) is 29.3 Å². The number of guanidine groups is 1. The summed E-state index contributed by atoms with van der Waals surface area (Å²) in [6, 6.07) is 8.25. The molecule has 0 aliphatic heterocycles. The molecule has 106 valence electrons. The van der Waals surface area contributed by atoms with Gasteiger partial charge in [0.2, 0.25) is 0 Å². The van der Waals surface area contributed by atoms with Crippen molar-refractivity contribution in [3.8, 4) is 0 Å². The molecule has 19 heavy (non-hydrogen) atoms. The molecule has 0 bridgehead atoms. The van der Waals surface area contributed by atoms with Gasteiger partial charge in [0, 0.05) is 26.2 Å². The zero-order chi connectivity index (χ0) is 14.3. The van der Waals surface area contributed by atoms with Crippen molar-refractivity contribution < 1.29 is 4.74 Å². The minimum Gasteiger partial charge on any atom is -0.380 e. The van der Waals surface area contributed by atoms with Crippen LogP contribution in [0.4, 0.5) is 0 Å². The normalized spacial score (nSPS) is 12.4. The van der Waals surface area contributed by atoms with Crippen LogP contribution >= 0.6 is 0 Å². The molecule has 0 heterocycles. The standard InChI is InChI=1S/C15H25N3O/c1-15(2,3)18-14(16-4)17-10-12-8-6-7-9-13(12)11-19-5/h6-9H,10-11H2,1-5H3,(H2,16,17,18). The third-order valence-electron chi connectivity index (χ3n) is 2.58. The minimum atomic E-state index is -0.00606. The van der Waals surface area contributed by atoms with Gasteiger partial charge < -0.3 is 15.4 Å². The minimum absolute atomic E-state index is 0.00606. The molecule has 4 heteroatoms. The monoisotopic (exact) mass is 263 g/mol. The third-order valence-corrected chi connectivity index (χ3v) is 2.58. The molecule has 0 aliphatic carbocycles. The molecular formula is C15H25N3O. The van der Waals surface area contributed by atoms with Crippen LogP contribution in [0, 0.1) is 0 Å². The first-order chi connectivity index (χ1) is 8.96. The molecule has 0 aliphatic rings. The van der Waals surface area contributed by atoms with Crippen molar-refractivity contribution in [3.05, 3.63) is 35.4 Å². The Morgan fingerprint density at radius 3 is 2.37 bits per heavy atom. The Kier molecular flexibility index (Phi) is 5.83. The second-order valence-corrected chi connectivity index (χ2v) is 5.50. The molecule has 0 aromatic heterocycles. The van der Waals surface area contributed by atoms with E-state index in [0.29, 0.717) is 6.61 Å². The van der Waals surface area contributed by atoms with Crippen molar-refractivity contribution in [1.82, 2.24) is 10.6 Å². The lowest BCUT2D eigenvalue weighted by molar-refractivity contribution is 0.184. The SMILES string of the molecule is CN=C(NCc1ccccc1COC)NC(C)(C)C. The van der Waals surface area contributed by atoms with Gasteiger partial charge in [-0.25, -0.2) is 0 Å². The lowest BCUT2D eigenvalue weighted by atomic mass is 10.1. The zero-order valence-corrected chi connectivity index (χ0v) is 12.6. The number of hydrogen-bond donors (Lipinski definition) is 2. The van der Waals surface area contributed by atoms with Crippen molar-refractivity contribution in [2.45, 2.75) is 39.5 Å². The molecule has 0 saturated heterocycles. The fraction of sp³-hybridized carbons (Fsp3) is 0.533. The Balaban J connectivity index is 2.65. The van der Waals surface area contributed by atoms with Gasteiger partial charge in [-0.3, -0.25) is 4.99 Å². The lowest BCUT2D eigenvalue weighted by Gasteiger charge is -2.24. The maximum Gasteiger partial charge on any atom is 0.191 e. The largest absolute Gasteiger partial charge is 0.380 e. The van der Waals surface area contributed by atoms with E-state index in [1.54, 1.807) is 14.2 Å². The average Bonchev–Trinajstić information content (AvgIpc) is 2.35. The third kappa shape index (κ3) is 5.75. The smallest absolute Gasteiger partial charge is 0.191 e. The van der Waals surface area contributed by atoms with E-state index >= 15 is 0 Å². The van der Waals surface area contributed by atoms with Gasteiger partial charge in [-0.05, 0) is 31.9 Å². The second kappa shape index (κ2) is 7.14. The molecular weight excluding hydrogens is 238 g/mol. The van der Waals surface area contributed by atoms with E-state index in [1.807, 2.05) is 12.1 Å². The predicted octanol–water partition coefficient (Wildman–Crippen LogP) is 2.30. The number of benzene rings is 1. The molecule has 1 rings (SSSR count). The predicted molar refractivity (Wildman–Crippen MR) is 80.2 cm³/mol. The Hall–Kier alpha value is -1.55. The highest BCUT2D eigenvalue weighted by atomic mass is 16.5. The average molecular weight is 263 g/mol. The van der Waals surface area contributed by atoms with Crippen molar-refractivity contribution in [2.75, 3.05) is 14.2 Å². The molecule has 0 atom stereocenters. The fourth-order valence-electron chi connectivity index (χ4n) is 1.74. The van der Waals surface area contributed by atoms with Crippen molar-refractivity contribution in [2.24, 2.45) is 4.99 Å². The number of rotatable bonds is 4. The van der Waals surface area contributed by atoms with E-state index in [4.69, 9.17) is 4.74 Å². The van der Waals surface area contributed by atoms with Crippen LogP contribution in [0.5, 0.6) is 0 Å². The van der Waals surface area contributed by atoms with Gasteiger partial charge in [-0.2, -0.15) is 0 Å². The summed E-state index contributed by atoms with van der Waals surface area (Å²) in [7, 11) is 3.49. The number of hydrogen-bond acceptors (Lipinski definition) is 2. The maximum absolute atomic E-state index is 5.21. The van der Waals surface area contributed by atoms with Crippen LogP contribution in [-0.4, -0.2) is 25.7 Å². The molecule has 0 amide bonds. The molecule has 0 unspecified atom stereocenters.